The zero-order valence-corrected chi connectivity index (χ0v) is 19.9. The molecule has 0 aromatic heterocycles. The molecule has 0 spiro atoms. The molecule has 0 unspecified atom stereocenters. The van der Waals surface area contributed by atoms with E-state index in [1.54, 1.807) is 19.1 Å². The maximum absolute atomic E-state index is 12.9. The van der Waals surface area contributed by atoms with E-state index in [1.165, 1.54) is 0 Å². The minimum absolute atomic E-state index is 0.104. The van der Waals surface area contributed by atoms with Crippen molar-refractivity contribution in [3.8, 4) is 0 Å². The van der Waals surface area contributed by atoms with Gasteiger partial charge < -0.3 is 14.3 Å². The molecule has 1 fully saturated rings. The number of hydrogen-bond acceptors (Lipinski definition) is 5. The van der Waals surface area contributed by atoms with Crippen LogP contribution < -0.4 is 0 Å². The molecule has 7 heteroatoms. The van der Waals surface area contributed by atoms with Crippen molar-refractivity contribution in [2.75, 3.05) is 13.2 Å². The number of aliphatic hydroxyl groups excluding tert-OH is 1. The van der Waals surface area contributed by atoms with E-state index in [9.17, 15) is 14.7 Å². The van der Waals surface area contributed by atoms with Gasteiger partial charge in [-0.3, -0.25) is 4.79 Å². The van der Waals surface area contributed by atoms with Crippen molar-refractivity contribution in [2.45, 2.75) is 64.4 Å². The number of rotatable bonds is 8. The van der Waals surface area contributed by atoms with E-state index in [0.29, 0.717) is 13.0 Å². The van der Waals surface area contributed by atoms with Crippen LogP contribution in [0.15, 0.2) is 42.5 Å². The Morgan fingerprint density at radius 2 is 1.97 bits per heavy atom. The maximum atomic E-state index is 12.9. The highest BCUT2D eigenvalue weighted by molar-refractivity contribution is 6.74. The zero-order valence-electron chi connectivity index (χ0n) is 18.9. The lowest BCUT2D eigenvalue weighted by Gasteiger charge is -2.35. The molecule has 30 heavy (non-hydrogen) atoms. The van der Waals surface area contributed by atoms with Gasteiger partial charge in [0.2, 0.25) is 5.91 Å². The van der Waals surface area contributed by atoms with Crippen molar-refractivity contribution in [3.63, 3.8) is 0 Å². The number of amides is 2. The van der Waals surface area contributed by atoms with Crippen LogP contribution in [0.2, 0.25) is 18.1 Å². The van der Waals surface area contributed by atoms with E-state index in [4.69, 9.17) is 9.16 Å². The molecule has 2 rings (SSSR count). The average molecular weight is 434 g/mol. The average Bonchev–Trinajstić information content (AvgIpc) is 3.03. The van der Waals surface area contributed by atoms with Crippen LogP contribution >= 0.6 is 0 Å². The van der Waals surface area contributed by atoms with Crippen LogP contribution in [-0.2, 0) is 20.4 Å². The van der Waals surface area contributed by atoms with Gasteiger partial charge in [0.15, 0.2) is 8.32 Å². The Morgan fingerprint density at radius 3 is 2.57 bits per heavy atom. The summed E-state index contributed by atoms with van der Waals surface area (Å²) >= 11 is 0. The Hall–Kier alpha value is -1.96. The second kappa shape index (κ2) is 9.90. The number of ether oxygens (including phenoxy) is 1. The zero-order chi connectivity index (χ0) is 22.5. The summed E-state index contributed by atoms with van der Waals surface area (Å²) in [5.41, 5.74) is 1.02. The number of benzene rings is 1. The van der Waals surface area contributed by atoms with E-state index < -0.39 is 32.3 Å². The standard InChI is InChI=1S/C23H35NO5Si/c1-17(20(25)13-10-14-29-30(5,6)23(2,3)4)21(26)24-19(16-28-22(24)27)15-18-11-8-7-9-12-18/h7-13,17,19-20,25H,14-16H2,1-6H3/b13-10+/t17-,19+,20+/m1/s1. The summed E-state index contributed by atoms with van der Waals surface area (Å²) in [6, 6.07) is 9.30. The van der Waals surface area contributed by atoms with Crippen LogP contribution in [0, 0.1) is 5.92 Å². The molecule has 0 radical (unpaired) electrons. The molecular formula is C23H35NO5Si. The van der Waals surface area contributed by atoms with Crippen LogP contribution in [0.3, 0.4) is 0 Å². The first-order valence-corrected chi connectivity index (χ1v) is 13.4. The second-order valence-electron chi connectivity index (χ2n) is 9.41. The van der Waals surface area contributed by atoms with Gasteiger partial charge in [0.1, 0.15) is 6.61 Å². The van der Waals surface area contributed by atoms with Crippen LogP contribution in [0.5, 0.6) is 0 Å². The number of carbonyl (C=O) groups is 2. The van der Waals surface area contributed by atoms with Gasteiger partial charge in [-0.2, -0.15) is 0 Å². The molecule has 1 aromatic rings. The Morgan fingerprint density at radius 1 is 1.33 bits per heavy atom. The highest BCUT2D eigenvalue weighted by Gasteiger charge is 2.41. The van der Waals surface area contributed by atoms with E-state index in [-0.39, 0.29) is 17.7 Å². The molecule has 166 valence electrons. The van der Waals surface area contributed by atoms with E-state index in [1.807, 2.05) is 30.3 Å². The fraction of sp³-hybridized carbons (Fsp3) is 0.565. The van der Waals surface area contributed by atoms with Crippen LogP contribution in [-0.4, -0.2) is 55.7 Å². The summed E-state index contributed by atoms with van der Waals surface area (Å²) in [6.07, 6.45) is 2.19. The highest BCUT2D eigenvalue weighted by Crippen LogP contribution is 2.36. The summed E-state index contributed by atoms with van der Waals surface area (Å²) in [4.78, 5) is 26.3. The molecule has 0 saturated carbocycles. The normalized spacial score (nSPS) is 19.8. The van der Waals surface area contributed by atoms with Crippen molar-refractivity contribution in [3.05, 3.63) is 48.0 Å². The van der Waals surface area contributed by atoms with Crippen molar-refractivity contribution in [1.29, 1.82) is 0 Å². The fourth-order valence-corrected chi connectivity index (χ4v) is 3.91. The summed E-state index contributed by atoms with van der Waals surface area (Å²) < 4.78 is 11.2. The first-order valence-electron chi connectivity index (χ1n) is 10.5. The lowest BCUT2D eigenvalue weighted by Crippen LogP contribution is -2.45. The Bertz CT molecular complexity index is 757. The number of aliphatic hydroxyl groups is 1. The quantitative estimate of drug-likeness (QED) is 0.492. The topological polar surface area (TPSA) is 76.1 Å². The molecule has 1 aliphatic heterocycles. The van der Waals surface area contributed by atoms with E-state index in [2.05, 4.69) is 33.9 Å². The fourth-order valence-electron chi connectivity index (χ4n) is 2.97. The molecule has 1 N–H and O–H groups in total. The maximum Gasteiger partial charge on any atom is 0.416 e. The smallest absolute Gasteiger partial charge is 0.416 e. The summed E-state index contributed by atoms with van der Waals surface area (Å²) in [7, 11) is -1.87. The molecule has 2 amide bonds. The summed E-state index contributed by atoms with van der Waals surface area (Å²) in [5, 5.41) is 10.6. The number of carbonyl (C=O) groups excluding carboxylic acids is 2. The number of hydrogen-bond donors (Lipinski definition) is 1. The van der Waals surface area contributed by atoms with Crippen LogP contribution in [0.25, 0.3) is 0 Å². The molecule has 1 aliphatic rings. The lowest BCUT2D eigenvalue weighted by atomic mass is 10.00. The molecule has 3 atom stereocenters. The predicted octanol–water partition coefficient (Wildman–Crippen LogP) is 4.15. The lowest BCUT2D eigenvalue weighted by molar-refractivity contribution is -0.135. The Balaban J connectivity index is 1.96. The van der Waals surface area contributed by atoms with Crippen molar-refractivity contribution < 1.29 is 23.9 Å². The largest absolute Gasteiger partial charge is 0.447 e. The van der Waals surface area contributed by atoms with Crippen molar-refractivity contribution in [2.24, 2.45) is 5.92 Å². The predicted molar refractivity (Wildman–Crippen MR) is 120 cm³/mol. The van der Waals surface area contributed by atoms with Gasteiger partial charge in [0, 0.05) is 0 Å². The molecule has 0 bridgehead atoms. The van der Waals surface area contributed by atoms with Gasteiger partial charge in [0.05, 0.1) is 24.7 Å². The number of imide groups is 1. The summed E-state index contributed by atoms with van der Waals surface area (Å²) in [6.45, 7) is 13.0. The van der Waals surface area contributed by atoms with Gasteiger partial charge in [0.25, 0.3) is 0 Å². The molecule has 6 nitrogen and oxygen atoms in total. The molecule has 1 aromatic carbocycles. The monoisotopic (exact) mass is 433 g/mol. The molecular weight excluding hydrogens is 398 g/mol. The van der Waals surface area contributed by atoms with Gasteiger partial charge in [-0.15, -0.1) is 0 Å². The minimum atomic E-state index is -1.87. The first kappa shape index (κ1) is 24.3. The third kappa shape index (κ3) is 6.03. The summed E-state index contributed by atoms with van der Waals surface area (Å²) in [5.74, 6) is -1.20. The minimum Gasteiger partial charge on any atom is -0.447 e. The highest BCUT2D eigenvalue weighted by atomic mass is 28.4. The molecule has 0 aliphatic carbocycles. The van der Waals surface area contributed by atoms with Gasteiger partial charge in [-0.05, 0) is 30.1 Å². The third-order valence-corrected chi connectivity index (χ3v) is 10.6. The second-order valence-corrected chi connectivity index (χ2v) is 14.2. The van der Waals surface area contributed by atoms with E-state index >= 15 is 0 Å². The van der Waals surface area contributed by atoms with Crippen molar-refractivity contribution >= 4 is 20.3 Å². The van der Waals surface area contributed by atoms with Crippen LogP contribution in [0.1, 0.15) is 33.3 Å². The van der Waals surface area contributed by atoms with Crippen LogP contribution in [0.4, 0.5) is 4.79 Å². The third-order valence-electron chi connectivity index (χ3n) is 6.09. The molecule has 1 heterocycles. The first-order chi connectivity index (χ1) is 13.9. The van der Waals surface area contributed by atoms with Gasteiger partial charge in [-0.1, -0.05) is 70.2 Å². The Kier molecular flexibility index (Phi) is 8.02. The molecule has 1 saturated heterocycles. The Labute approximate surface area is 181 Å². The SMILES string of the molecule is C[C@@H](C(=O)N1C(=O)OC[C@@H]1Cc1ccccc1)[C@@H](O)/C=C/CO[Si](C)(C)C(C)(C)C. The number of nitrogens with zero attached hydrogens (tertiary/aromatic N) is 1. The van der Waals surface area contributed by atoms with Gasteiger partial charge in [-0.25, -0.2) is 9.69 Å². The van der Waals surface area contributed by atoms with Gasteiger partial charge >= 0.3 is 6.09 Å². The van der Waals surface area contributed by atoms with E-state index in [0.717, 1.165) is 10.5 Å². The van der Waals surface area contributed by atoms with Crippen molar-refractivity contribution in [1.82, 2.24) is 4.90 Å². The number of cyclic esters (lactones) is 1.